The summed E-state index contributed by atoms with van der Waals surface area (Å²) in [7, 11) is 0. The van der Waals surface area contributed by atoms with E-state index in [1.807, 2.05) is 6.92 Å². The van der Waals surface area contributed by atoms with Crippen molar-refractivity contribution in [2.45, 2.75) is 109 Å². The van der Waals surface area contributed by atoms with Crippen LogP contribution in [0.15, 0.2) is 42.7 Å². The van der Waals surface area contributed by atoms with Gasteiger partial charge in [-0.25, -0.2) is 8.78 Å². The molecule has 232 valence electrons. The first-order valence-electron chi connectivity index (χ1n) is 14.6. The molecule has 0 aliphatic heterocycles. The molecule has 1 heterocycles. The van der Waals surface area contributed by atoms with E-state index in [0.717, 1.165) is 37.8 Å². The van der Waals surface area contributed by atoms with Gasteiger partial charge in [0.2, 0.25) is 11.8 Å². The van der Waals surface area contributed by atoms with Crippen molar-refractivity contribution in [1.82, 2.24) is 20.9 Å². The number of unbranched alkanes of at least 4 members (excludes halogenated alkanes) is 4. The number of aliphatic hydroxyl groups is 2. The molecule has 0 unspecified atom stereocenters. The summed E-state index contributed by atoms with van der Waals surface area (Å²) in [5, 5.41) is 30.5. The van der Waals surface area contributed by atoms with Gasteiger partial charge in [-0.3, -0.25) is 19.4 Å². The SMILES string of the molecule is CCCCCC[C@@H](NC(=O)c1cccnc1)C(=O)N[C@@H](Cc1cc(F)cc(F)c1)[C@@H](O)[C@H](O)[C@@H](CCCC)NC(C)=O. The van der Waals surface area contributed by atoms with Crippen molar-refractivity contribution in [2.24, 2.45) is 0 Å². The molecule has 1 aromatic carbocycles. The van der Waals surface area contributed by atoms with Gasteiger partial charge in [-0.05, 0) is 49.1 Å². The van der Waals surface area contributed by atoms with Crippen molar-refractivity contribution in [3.63, 3.8) is 0 Å². The molecule has 0 aliphatic carbocycles. The Morgan fingerprint density at radius 3 is 2.12 bits per heavy atom. The number of hydrogen-bond acceptors (Lipinski definition) is 6. The third-order valence-corrected chi connectivity index (χ3v) is 7.03. The van der Waals surface area contributed by atoms with Crippen molar-refractivity contribution in [3.8, 4) is 0 Å². The zero-order valence-electron chi connectivity index (χ0n) is 24.6. The smallest absolute Gasteiger partial charge is 0.253 e. The van der Waals surface area contributed by atoms with Crippen LogP contribution in [0, 0.1) is 11.6 Å². The highest BCUT2D eigenvalue weighted by Gasteiger charge is 2.35. The van der Waals surface area contributed by atoms with Crippen LogP contribution in [0.2, 0.25) is 0 Å². The summed E-state index contributed by atoms with van der Waals surface area (Å²) < 4.78 is 28.0. The molecule has 0 aliphatic rings. The quantitative estimate of drug-likeness (QED) is 0.168. The van der Waals surface area contributed by atoms with Crippen LogP contribution in [-0.2, 0) is 16.0 Å². The molecular formula is C31H44F2N4O5. The maximum absolute atomic E-state index is 14.0. The highest BCUT2D eigenvalue weighted by atomic mass is 19.1. The van der Waals surface area contributed by atoms with E-state index in [2.05, 4.69) is 27.9 Å². The number of hydrogen-bond donors (Lipinski definition) is 5. The maximum Gasteiger partial charge on any atom is 0.253 e. The van der Waals surface area contributed by atoms with Gasteiger partial charge in [-0.1, -0.05) is 52.4 Å². The van der Waals surface area contributed by atoms with Crippen LogP contribution in [0.1, 0.15) is 88.1 Å². The van der Waals surface area contributed by atoms with Crippen LogP contribution in [-0.4, -0.2) is 63.3 Å². The molecule has 0 bridgehead atoms. The molecule has 0 radical (unpaired) electrons. The maximum atomic E-state index is 14.0. The van der Waals surface area contributed by atoms with Crippen molar-refractivity contribution in [1.29, 1.82) is 0 Å². The second-order valence-electron chi connectivity index (χ2n) is 10.6. The van der Waals surface area contributed by atoms with Gasteiger partial charge in [0.25, 0.3) is 5.91 Å². The number of rotatable bonds is 18. The molecule has 42 heavy (non-hydrogen) atoms. The van der Waals surface area contributed by atoms with Crippen LogP contribution in [0.25, 0.3) is 0 Å². The Morgan fingerprint density at radius 1 is 0.857 bits per heavy atom. The molecule has 2 aromatic rings. The molecule has 5 atom stereocenters. The van der Waals surface area contributed by atoms with Gasteiger partial charge in [-0.2, -0.15) is 0 Å². The Balaban J connectivity index is 2.35. The molecule has 9 nitrogen and oxygen atoms in total. The largest absolute Gasteiger partial charge is 0.388 e. The first kappa shape index (κ1) is 34.8. The second-order valence-corrected chi connectivity index (χ2v) is 10.6. The zero-order chi connectivity index (χ0) is 31.1. The third kappa shape index (κ3) is 11.8. The Bertz CT molecular complexity index is 1120. The fraction of sp³-hybridized carbons (Fsp3) is 0.548. The summed E-state index contributed by atoms with van der Waals surface area (Å²) in [4.78, 5) is 42.2. The van der Waals surface area contributed by atoms with Gasteiger partial charge in [-0.15, -0.1) is 0 Å². The second kappa shape index (κ2) is 18.2. The van der Waals surface area contributed by atoms with Crippen molar-refractivity contribution < 1.29 is 33.4 Å². The van der Waals surface area contributed by atoms with Gasteiger partial charge in [0.05, 0.1) is 17.6 Å². The van der Waals surface area contributed by atoms with E-state index in [9.17, 15) is 33.4 Å². The van der Waals surface area contributed by atoms with Crippen molar-refractivity contribution >= 4 is 17.7 Å². The number of aromatic nitrogens is 1. The lowest BCUT2D eigenvalue weighted by Gasteiger charge is -2.33. The minimum absolute atomic E-state index is 0.146. The van der Waals surface area contributed by atoms with Gasteiger partial charge in [0.15, 0.2) is 0 Å². The van der Waals surface area contributed by atoms with Crippen molar-refractivity contribution in [3.05, 3.63) is 65.5 Å². The van der Waals surface area contributed by atoms with Crippen LogP contribution >= 0.6 is 0 Å². The van der Waals surface area contributed by atoms with Crippen LogP contribution in [0.3, 0.4) is 0 Å². The predicted octanol–water partition coefficient (Wildman–Crippen LogP) is 3.57. The van der Waals surface area contributed by atoms with Crippen LogP contribution in [0.4, 0.5) is 8.78 Å². The normalized spacial score (nSPS) is 14.7. The molecule has 5 N–H and O–H groups in total. The Kier molecular flexibility index (Phi) is 15.0. The third-order valence-electron chi connectivity index (χ3n) is 7.03. The topological polar surface area (TPSA) is 141 Å². The molecular weight excluding hydrogens is 546 g/mol. The van der Waals surface area contributed by atoms with Gasteiger partial charge in [0.1, 0.15) is 29.9 Å². The zero-order valence-corrected chi connectivity index (χ0v) is 24.6. The number of carbonyl (C=O) groups is 3. The van der Waals surface area contributed by atoms with E-state index in [0.29, 0.717) is 31.7 Å². The standard InChI is InChI=1S/C31H44F2N4O5/c1-4-6-8-9-13-26(36-30(41)22-11-10-14-34-19-22)31(42)37-27(17-21-15-23(32)18-24(33)16-21)29(40)28(39)25(12-7-5-2)35-20(3)38/h10-11,14-16,18-19,25-29,39-40H,4-9,12-13,17H2,1-3H3,(H,35,38)(H,36,41)(H,37,42)/t25-,26-,27+,28-,29-/m1/s1. The number of carbonyl (C=O) groups excluding carboxylic acids is 3. The van der Waals surface area contributed by atoms with Crippen LogP contribution in [0.5, 0.6) is 0 Å². The lowest BCUT2D eigenvalue weighted by Crippen LogP contribution is -2.59. The lowest BCUT2D eigenvalue weighted by atomic mass is 9.91. The Morgan fingerprint density at radius 2 is 1.52 bits per heavy atom. The minimum Gasteiger partial charge on any atom is -0.388 e. The minimum atomic E-state index is -1.62. The van der Waals surface area contributed by atoms with Gasteiger partial charge >= 0.3 is 0 Å². The number of benzene rings is 1. The summed E-state index contributed by atoms with van der Waals surface area (Å²) in [6.45, 7) is 5.28. The first-order valence-corrected chi connectivity index (χ1v) is 14.6. The molecule has 2 rings (SSSR count). The summed E-state index contributed by atoms with van der Waals surface area (Å²) in [5.74, 6) is -3.20. The Hall–Kier alpha value is -3.44. The predicted molar refractivity (Wildman–Crippen MR) is 155 cm³/mol. The number of amides is 3. The fourth-order valence-corrected chi connectivity index (χ4v) is 4.80. The Labute approximate surface area is 246 Å². The highest BCUT2D eigenvalue weighted by molar-refractivity contribution is 5.97. The van der Waals surface area contributed by atoms with Gasteiger partial charge < -0.3 is 26.2 Å². The summed E-state index contributed by atoms with van der Waals surface area (Å²) >= 11 is 0. The van der Waals surface area contributed by atoms with E-state index < -0.39 is 59.7 Å². The van der Waals surface area contributed by atoms with Crippen molar-refractivity contribution in [2.75, 3.05) is 0 Å². The van der Waals surface area contributed by atoms with E-state index >= 15 is 0 Å². The van der Waals surface area contributed by atoms with Crippen LogP contribution < -0.4 is 16.0 Å². The number of pyridine rings is 1. The number of aliphatic hydroxyl groups excluding tert-OH is 2. The molecule has 3 amide bonds. The molecule has 0 saturated carbocycles. The molecule has 0 saturated heterocycles. The fourth-order valence-electron chi connectivity index (χ4n) is 4.80. The number of nitrogens with one attached hydrogen (secondary N) is 3. The summed E-state index contributed by atoms with van der Waals surface area (Å²) in [5.41, 5.74) is 0.410. The monoisotopic (exact) mass is 590 g/mol. The average molecular weight is 591 g/mol. The summed E-state index contributed by atoms with van der Waals surface area (Å²) in [6, 6.07) is 3.01. The lowest BCUT2D eigenvalue weighted by molar-refractivity contribution is -0.127. The van der Waals surface area contributed by atoms with Gasteiger partial charge in [0, 0.05) is 25.4 Å². The highest BCUT2D eigenvalue weighted by Crippen LogP contribution is 2.17. The number of halogens is 2. The number of nitrogens with zero attached hydrogens (tertiary/aromatic N) is 1. The molecule has 0 fully saturated rings. The molecule has 0 spiro atoms. The van der Waals surface area contributed by atoms with E-state index in [1.165, 1.54) is 19.3 Å². The first-order chi connectivity index (χ1) is 20.0. The van der Waals surface area contributed by atoms with E-state index in [-0.39, 0.29) is 17.5 Å². The van der Waals surface area contributed by atoms with E-state index in [4.69, 9.17) is 0 Å². The molecule has 1 aromatic heterocycles. The molecule has 11 heteroatoms. The summed E-state index contributed by atoms with van der Waals surface area (Å²) in [6.07, 6.45) is 5.06. The van der Waals surface area contributed by atoms with E-state index in [1.54, 1.807) is 12.1 Å². The average Bonchev–Trinajstić information content (AvgIpc) is 2.95.